The maximum Gasteiger partial charge on any atom is 0.332 e. The van der Waals surface area contributed by atoms with Gasteiger partial charge in [0.15, 0.2) is 0 Å². The lowest BCUT2D eigenvalue weighted by molar-refractivity contribution is 0.645. The van der Waals surface area contributed by atoms with E-state index in [-0.39, 0.29) is 6.54 Å². The molecule has 0 aliphatic carbocycles. The summed E-state index contributed by atoms with van der Waals surface area (Å²) in [6, 6.07) is 5.42. The van der Waals surface area contributed by atoms with E-state index in [4.69, 9.17) is 11.6 Å². The summed E-state index contributed by atoms with van der Waals surface area (Å²) in [5.74, 6) is 6.03. The van der Waals surface area contributed by atoms with E-state index in [1.165, 1.54) is 20.5 Å². The first-order chi connectivity index (χ1) is 13.0. The molecule has 0 atom stereocenters. The summed E-state index contributed by atoms with van der Waals surface area (Å²) in [6.45, 7) is 2.11. The number of rotatable bonds is 5. The number of hydrogen-bond acceptors (Lipinski definition) is 6. The number of halogens is 1. The van der Waals surface area contributed by atoms with E-state index in [0.29, 0.717) is 28.1 Å². The molecule has 2 heterocycles. The molecule has 0 spiro atoms. The van der Waals surface area contributed by atoms with Crippen molar-refractivity contribution in [3.63, 3.8) is 0 Å². The monoisotopic (exact) mass is 403 g/mol. The Labute approximate surface area is 164 Å². The Morgan fingerprint density at radius 1 is 1.33 bits per heavy atom. The summed E-state index contributed by atoms with van der Waals surface area (Å²) >= 11 is 7.43. The molecule has 0 saturated heterocycles. The van der Waals surface area contributed by atoms with E-state index in [9.17, 15) is 9.59 Å². The standard InChI is InChI=1S/C18H18ClN5O2S/c1-4-5-8-21-15-16(20-2)23(3)18(26)24(17(15)25)10-14-22-12-9-11(19)6-7-13(12)27-14/h6-7,9,20-21H,8,10H2,1-3H3. The van der Waals surface area contributed by atoms with Gasteiger partial charge in [-0.3, -0.25) is 13.9 Å². The van der Waals surface area contributed by atoms with Crippen molar-refractivity contribution in [3.05, 3.63) is 49.1 Å². The fourth-order valence-electron chi connectivity index (χ4n) is 2.73. The minimum Gasteiger partial charge on any atom is -0.373 e. The first-order valence-electron chi connectivity index (χ1n) is 8.16. The highest BCUT2D eigenvalue weighted by molar-refractivity contribution is 7.18. The van der Waals surface area contributed by atoms with Crippen molar-refractivity contribution in [1.82, 2.24) is 14.1 Å². The molecule has 0 fully saturated rings. The first kappa shape index (κ1) is 19.0. The highest BCUT2D eigenvalue weighted by atomic mass is 35.5. The van der Waals surface area contributed by atoms with Gasteiger partial charge in [-0.15, -0.1) is 17.3 Å². The Morgan fingerprint density at radius 3 is 2.81 bits per heavy atom. The summed E-state index contributed by atoms with van der Waals surface area (Å²) in [5.41, 5.74) is 0.202. The molecule has 2 N–H and O–H groups in total. The van der Waals surface area contributed by atoms with Crippen molar-refractivity contribution in [2.24, 2.45) is 7.05 Å². The van der Waals surface area contributed by atoms with Crippen molar-refractivity contribution in [1.29, 1.82) is 0 Å². The summed E-state index contributed by atoms with van der Waals surface area (Å²) < 4.78 is 3.51. The predicted molar refractivity (Wildman–Crippen MR) is 111 cm³/mol. The van der Waals surface area contributed by atoms with Crippen LogP contribution in [0.15, 0.2) is 27.8 Å². The van der Waals surface area contributed by atoms with E-state index in [2.05, 4.69) is 27.5 Å². The summed E-state index contributed by atoms with van der Waals surface area (Å²) in [4.78, 5) is 30.2. The second-order valence-corrected chi connectivity index (χ2v) is 7.26. The Kier molecular flexibility index (Phi) is 5.54. The lowest BCUT2D eigenvalue weighted by atomic mass is 10.3. The predicted octanol–water partition coefficient (Wildman–Crippen LogP) is 2.34. The van der Waals surface area contributed by atoms with E-state index in [0.717, 1.165) is 10.2 Å². The number of nitrogens with zero attached hydrogens (tertiary/aromatic N) is 3. The second-order valence-electron chi connectivity index (χ2n) is 5.71. The maximum absolute atomic E-state index is 12.9. The van der Waals surface area contributed by atoms with Gasteiger partial charge in [0.05, 0.1) is 23.3 Å². The number of fused-ring (bicyclic) bond motifs is 1. The van der Waals surface area contributed by atoms with Gasteiger partial charge < -0.3 is 10.6 Å². The minimum atomic E-state index is -0.422. The fourth-order valence-corrected chi connectivity index (χ4v) is 3.83. The van der Waals surface area contributed by atoms with Gasteiger partial charge in [0.1, 0.15) is 16.5 Å². The Balaban J connectivity index is 2.08. The van der Waals surface area contributed by atoms with Gasteiger partial charge in [-0.1, -0.05) is 17.5 Å². The van der Waals surface area contributed by atoms with Gasteiger partial charge in [-0.2, -0.15) is 0 Å². The van der Waals surface area contributed by atoms with E-state index in [1.54, 1.807) is 33.2 Å². The zero-order valence-electron chi connectivity index (χ0n) is 15.1. The molecule has 7 nitrogen and oxygen atoms in total. The quantitative estimate of drug-likeness (QED) is 0.639. The maximum atomic E-state index is 12.9. The van der Waals surface area contributed by atoms with E-state index >= 15 is 0 Å². The highest BCUT2D eigenvalue weighted by Gasteiger charge is 2.17. The molecule has 140 valence electrons. The van der Waals surface area contributed by atoms with Gasteiger partial charge in [0, 0.05) is 19.1 Å². The van der Waals surface area contributed by atoms with Gasteiger partial charge in [-0.05, 0) is 25.1 Å². The molecule has 0 unspecified atom stereocenters. The van der Waals surface area contributed by atoms with Crippen LogP contribution in [0.1, 0.15) is 11.9 Å². The van der Waals surface area contributed by atoms with Crippen molar-refractivity contribution >= 4 is 44.7 Å². The first-order valence-corrected chi connectivity index (χ1v) is 9.35. The summed E-state index contributed by atoms with van der Waals surface area (Å²) in [6.07, 6.45) is 0. The minimum absolute atomic E-state index is 0.0839. The van der Waals surface area contributed by atoms with Crippen LogP contribution in [-0.2, 0) is 13.6 Å². The van der Waals surface area contributed by atoms with Crippen molar-refractivity contribution in [2.75, 3.05) is 24.2 Å². The van der Waals surface area contributed by atoms with Crippen molar-refractivity contribution in [2.45, 2.75) is 13.5 Å². The van der Waals surface area contributed by atoms with Crippen molar-refractivity contribution in [3.8, 4) is 11.8 Å². The fraction of sp³-hybridized carbons (Fsp3) is 0.278. The molecule has 0 bridgehead atoms. The summed E-state index contributed by atoms with van der Waals surface area (Å²) in [5, 5.41) is 7.15. The van der Waals surface area contributed by atoms with Gasteiger partial charge in [0.2, 0.25) is 0 Å². The molecule has 1 aromatic carbocycles. The van der Waals surface area contributed by atoms with Gasteiger partial charge in [0.25, 0.3) is 5.56 Å². The van der Waals surface area contributed by atoms with E-state index < -0.39 is 11.2 Å². The number of nitrogens with one attached hydrogen (secondary N) is 2. The average molecular weight is 404 g/mol. The summed E-state index contributed by atoms with van der Waals surface area (Å²) in [7, 11) is 3.27. The third kappa shape index (κ3) is 3.70. The number of hydrogen-bond donors (Lipinski definition) is 2. The van der Waals surface area contributed by atoms with Gasteiger partial charge in [-0.25, -0.2) is 9.78 Å². The van der Waals surface area contributed by atoms with Crippen LogP contribution in [-0.4, -0.2) is 27.7 Å². The number of thiazole rings is 1. The molecule has 0 radical (unpaired) electrons. The SMILES string of the molecule is CC#CCNc1c(NC)n(C)c(=O)n(Cc2nc3cc(Cl)ccc3s2)c1=O. The zero-order chi connectivity index (χ0) is 19.6. The second kappa shape index (κ2) is 7.86. The molecule has 3 rings (SSSR count). The van der Waals surface area contributed by atoms with Crippen LogP contribution >= 0.6 is 22.9 Å². The van der Waals surface area contributed by atoms with Crippen LogP contribution in [0.25, 0.3) is 10.2 Å². The Morgan fingerprint density at radius 2 is 2.11 bits per heavy atom. The Hall–Kier alpha value is -2.76. The molecule has 0 aliphatic heterocycles. The van der Waals surface area contributed by atoms with Crippen LogP contribution in [0.2, 0.25) is 5.02 Å². The van der Waals surface area contributed by atoms with Crippen molar-refractivity contribution < 1.29 is 0 Å². The normalized spacial score (nSPS) is 10.5. The third-order valence-electron chi connectivity index (χ3n) is 4.00. The smallest absolute Gasteiger partial charge is 0.332 e. The molecule has 27 heavy (non-hydrogen) atoms. The highest BCUT2D eigenvalue weighted by Crippen LogP contribution is 2.25. The average Bonchev–Trinajstić information content (AvgIpc) is 3.04. The molecular formula is C18H18ClN5O2S. The van der Waals surface area contributed by atoms with Crippen LogP contribution in [0.3, 0.4) is 0 Å². The Bertz CT molecular complexity index is 1180. The zero-order valence-corrected chi connectivity index (χ0v) is 16.7. The molecule has 0 aliphatic rings. The lowest BCUT2D eigenvalue weighted by Gasteiger charge is -2.16. The molecule has 9 heteroatoms. The molecule has 3 aromatic rings. The van der Waals surface area contributed by atoms with Crippen LogP contribution in [0.4, 0.5) is 11.5 Å². The largest absolute Gasteiger partial charge is 0.373 e. The number of anilines is 2. The molecular weight excluding hydrogens is 386 g/mol. The topological polar surface area (TPSA) is 81.0 Å². The lowest BCUT2D eigenvalue weighted by Crippen LogP contribution is -2.41. The molecule has 0 amide bonds. The third-order valence-corrected chi connectivity index (χ3v) is 5.26. The van der Waals surface area contributed by atoms with Crippen LogP contribution in [0.5, 0.6) is 0 Å². The molecule has 2 aromatic heterocycles. The van der Waals surface area contributed by atoms with E-state index in [1.807, 2.05) is 6.07 Å². The molecule has 0 saturated carbocycles. The van der Waals surface area contributed by atoms with Gasteiger partial charge >= 0.3 is 5.69 Å². The number of benzene rings is 1. The number of aromatic nitrogens is 3. The van der Waals surface area contributed by atoms with Crippen LogP contribution in [0, 0.1) is 11.8 Å². The van der Waals surface area contributed by atoms with Crippen LogP contribution < -0.4 is 21.9 Å².